The molecule has 0 atom stereocenters. The highest BCUT2D eigenvalue weighted by molar-refractivity contribution is 6.09. The minimum absolute atomic E-state index is 0.00794. The molecule has 0 N–H and O–H groups in total. The van der Waals surface area contributed by atoms with E-state index in [0.29, 0.717) is 11.0 Å². The second-order valence-corrected chi connectivity index (χ2v) is 8.98. The van der Waals surface area contributed by atoms with Gasteiger partial charge in [0.2, 0.25) is 0 Å². The zero-order chi connectivity index (χ0) is 33.1. The number of rotatable bonds is 2. The fourth-order valence-corrected chi connectivity index (χ4v) is 4.82. The van der Waals surface area contributed by atoms with Gasteiger partial charge in [0.15, 0.2) is 0 Å². The Morgan fingerprint density at radius 3 is 2.09 bits per heavy atom. The van der Waals surface area contributed by atoms with Crippen LogP contribution in [-0.2, 0) is 5.41 Å². The molecule has 0 fully saturated rings. The van der Waals surface area contributed by atoms with Gasteiger partial charge >= 0.3 is 0 Å². The molecule has 2 nitrogen and oxygen atoms in total. The lowest BCUT2D eigenvalue weighted by molar-refractivity contribution is 0.418. The molecule has 35 heavy (non-hydrogen) atoms. The van der Waals surface area contributed by atoms with Gasteiger partial charge < -0.3 is 9.30 Å². The minimum atomic E-state index is -1.33. The molecule has 0 amide bonds. The van der Waals surface area contributed by atoms with Crippen LogP contribution >= 0.6 is 0 Å². The van der Waals surface area contributed by atoms with Crippen molar-refractivity contribution in [3.63, 3.8) is 0 Å². The van der Waals surface area contributed by atoms with E-state index >= 15 is 0 Å². The van der Waals surface area contributed by atoms with Crippen LogP contribution in [0.3, 0.4) is 0 Å². The highest BCUT2D eigenvalue weighted by Gasteiger charge is 2.34. The molecule has 1 aliphatic rings. The molecule has 7 rings (SSSR count). The van der Waals surface area contributed by atoms with E-state index in [1.54, 1.807) is 18.4 Å². The van der Waals surface area contributed by atoms with Gasteiger partial charge in [0.1, 0.15) is 11.5 Å². The Morgan fingerprint density at radius 2 is 1.31 bits per heavy atom. The van der Waals surface area contributed by atoms with Gasteiger partial charge in [-0.3, -0.25) is 0 Å². The number of benzene rings is 5. The maximum absolute atomic E-state index is 9.42. The molecule has 0 saturated heterocycles. The van der Waals surface area contributed by atoms with Crippen molar-refractivity contribution in [2.45, 2.75) is 19.3 Å². The molecule has 0 radical (unpaired) electrons. The average molecular weight is 463 g/mol. The minimum Gasteiger partial charge on any atom is -0.457 e. The summed E-state index contributed by atoms with van der Waals surface area (Å²) in [6.07, 6.45) is 0. The zero-order valence-corrected chi connectivity index (χ0v) is 19.0. The van der Waals surface area contributed by atoms with Crippen molar-refractivity contribution in [3.8, 4) is 28.3 Å². The van der Waals surface area contributed by atoms with E-state index in [1.165, 1.54) is 0 Å². The van der Waals surface area contributed by atoms with Crippen LogP contribution in [0, 0.1) is 0 Å². The predicted molar refractivity (Wildman–Crippen MR) is 145 cm³/mol. The number of nitrogens with zero attached hydrogens (tertiary/aromatic N) is 1. The van der Waals surface area contributed by atoms with E-state index < -0.39 is 47.7 Å². The fourth-order valence-electron chi connectivity index (χ4n) is 4.82. The lowest BCUT2D eigenvalue weighted by atomic mass is 9.75. The first-order valence-electron chi connectivity index (χ1n) is 16.7. The topological polar surface area (TPSA) is 14.2 Å². The van der Waals surface area contributed by atoms with Crippen molar-refractivity contribution in [2.24, 2.45) is 0 Å². The molecule has 1 aromatic heterocycles. The van der Waals surface area contributed by atoms with E-state index in [9.17, 15) is 2.74 Å². The number of ether oxygens (including phenoxy) is 1. The van der Waals surface area contributed by atoms with Crippen LogP contribution in [0.1, 0.15) is 40.1 Å². The fraction of sp³-hybridized carbons (Fsp3) is 0.0909. The Morgan fingerprint density at radius 1 is 0.657 bits per heavy atom. The lowest BCUT2D eigenvalue weighted by Crippen LogP contribution is -2.24. The number of fused-ring (bicyclic) bond motifs is 5. The summed E-state index contributed by atoms with van der Waals surface area (Å²) in [6, 6.07) is 9.87. The van der Waals surface area contributed by atoms with Crippen LogP contribution in [0.4, 0.5) is 0 Å². The molecular weight excluding hydrogens is 426 g/mol. The lowest BCUT2D eigenvalue weighted by Gasteiger charge is -2.34. The Labute approximate surface area is 220 Å². The van der Waals surface area contributed by atoms with Crippen LogP contribution in [0.2, 0.25) is 0 Å². The van der Waals surface area contributed by atoms with Gasteiger partial charge in [-0.2, -0.15) is 0 Å². The second kappa shape index (κ2) is 7.35. The summed E-state index contributed by atoms with van der Waals surface area (Å²) >= 11 is 0. The van der Waals surface area contributed by atoms with E-state index in [4.69, 9.17) is 17.1 Å². The molecule has 0 bridgehead atoms. The van der Waals surface area contributed by atoms with Crippen LogP contribution in [0.5, 0.6) is 11.5 Å². The Kier molecular flexibility index (Phi) is 2.50. The van der Waals surface area contributed by atoms with E-state index in [-0.39, 0.29) is 63.6 Å². The van der Waals surface area contributed by atoms with Gasteiger partial charge in [0, 0.05) is 33.0 Å². The van der Waals surface area contributed by atoms with Gasteiger partial charge in [-0.25, -0.2) is 0 Å². The molecule has 0 unspecified atom stereocenters. The molecule has 168 valence electrons. The van der Waals surface area contributed by atoms with Crippen LogP contribution in [-0.4, -0.2) is 4.57 Å². The summed E-state index contributed by atoms with van der Waals surface area (Å²) in [5.41, 5.74) is -0.403. The van der Waals surface area contributed by atoms with E-state index in [1.807, 2.05) is 48.5 Å². The largest absolute Gasteiger partial charge is 0.457 e. The highest BCUT2D eigenvalue weighted by Crippen LogP contribution is 2.48. The first-order valence-corrected chi connectivity index (χ1v) is 11.2. The maximum atomic E-state index is 9.42. The van der Waals surface area contributed by atoms with Gasteiger partial charge in [0.05, 0.1) is 26.1 Å². The van der Waals surface area contributed by atoms with Crippen molar-refractivity contribution in [1.82, 2.24) is 4.57 Å². The third-order valence-corrected chi connectivity index (χ3v) is 6.55. The molecule has 5 aromatic carbocycles. The Hall–Kier alpha value is -4.30. The summed E-state index contributed by atoms with van der Waals surface area (Å²) in [6.45, 7) is 3.27. The highest BCUT2D eigenvalue weighted by atomic mass is 16.5. The molecule has 0 saturated carbocycles. The molecule has 0 spiro atoms. The first-order chi connectivity index (χ1) is 21.7. The van der Waals surface area contributed by atoms with Crippen molar-refractivity contribution in [3.05, 3.63) is 126 Å². The molecule has 2 heteroatoms. The number of aromatic nitrogens is 1. The molecular formula is C33H25NO. The van der Waals surface area contributed by atoms with Crippen LogP contribution in [0.25, 0.3) is 38.6 Å². The van der Waals surface area contributed by atoms with Crippen molar-refractivity contribution >= 4 is 21.8 Å². The molecule has 2 heterocycles. The van der Waals surface area contributed by atoms with Gasteiger partial charge in [-0.15, -0.1) is 0 Å². The molecule has 0 aliphatic carbocycles. The van der Waals surface area contributed by atoms with Gasteiger partial charge in [-0.1, -0.05) is 86.5 Å². The van der Waals surface area contributed by atoms with Gasteiger partial charge in [-0.05, 0) is 53.5 Å². The van der Waals surface area contributed by atoms with E-state index in [0.717, 1.165) is 10.8 Å². The summed E-state index contributed by atoms with van der Waals surface area (Å²) in [5.74, 6) is -0.406. The first kappa shape index (κ1) is 11.9. The number of hydrogen-bond donors (Lipinski definition) is 0. The van der Waals surface area contributed by atoms with Crippen molar-refractivity contribution in [2.75, 3.05) is 0 Å². The summed E-state index contributed by atoms with van der Waals surface area (Å²) in [5, 5.41) is 1.71. The normalized spacial score (nSPS) is 18.3. The SMILES string of the molecule is [2H]c1c([2H])c([2H])c2c(c1[2H])Oc1c([2H])c([2H])c(-c3c([2H])c([2H])c([2H])c(-n4c5ccccc5c5ccccc54)c3[2H])c([2H])c1C2(C)C. The summed E-state index contributed by atoms with van der Waals surface area (Å²) < 4.78 is 104. The molecule has 6 aromatic rings. The maximum Gasteiger partial charge on any atom is 0.131 e. The second-order valence-electron chi connectivity index (χ2n) is 8.98. The monoisotopic (exact) mass is 462 g/mol. The standard InChI is InChI=1S/C33H25NO/c1-33(2)27-14-5-8-17-31(27)35-32-19-18-23(21-28(32)33)22-10-9-11-24(20-22)34-29-15-6-3-12-25(29)26-13-4-7-16-30(26)34/h3-21H,1-2H3/i5D,8D,9D,10D,11D,14D,17D,18D,19D,20D,21D. The quantitative estimate of drug-likeness (QED) is 0.251. The Bertz CT molecular complexity index is 2290. The third kappa shape index (κ3) is 2.96. The number of hydrogen-bond acceptors (Lipinski definition) is 1. The summed E-state index contributed by atoms with van der Waals surface area (Å²) in [7, 11) is 0. The van der Waals surface area contributed by atoms with Crippen LogP contribution < -0.4 is 4.74 Å². The van der Waals surface area contributed by atoms with Crippen molar-refractivity contribution in [1.29, 1.82) is 0 Å². The average Bonchev–Trinajstić information content (AvgIpc) is 3.35. The Balaban J connectivity index is 1.59. The zero-order valence-electron chi connectivity index (χ0n) is 30.0. The van der Waals surface area contributed by atoms with Crippen LogP contribution in [0.15, 0.2) is 115 Å². The molecule has 1 aliphatic heterocycles. The number of para-hydroxylation sites is 3. The summed E-state index contributed by atoms with van der Waals surface area (Å²) in [4.78, 5) is 0. The predicted octanol–water partition coefficient (Wildman–Crippen LogP) is 8.88. The van der Waals surface area contributed by atoms with Gasteiger partial charge in [0.25, 0.3) is 0 Å². The van der Waals surface area contributed by atoms with Crippen molar-refractivity contribution < 1.29 is 19.8 Å². The van der Waals surface area contributed by atoms with E-state index in [2.05, 4.69) is 0 Å². The third-order valence-electron chi connectivity index (χ3n) is 6.55. The smallest absolute Gasteiger partial charge is 0.131 e.